The lowest BCUT2D eigenvalue weighted by Gasteiger charge is -2.31. The zero-order valence-corrected chi connectivity index (χ0v) is 22.1. The summed E-state index contributed by atoms with van der Waals surface area (Å²) < 4.78 is 0. The molecule has 2 aromatic rings. The number of rotatable bonds is 12. The molecule has 0 bridgehead atoms. The highest BCUT2D eigenvalue weighted by molar-refractivity contribution is 6.35. The first-order chi connectivity index (χ1) is 17.3. The lowest BCUT2D eigenvalue weighted by molar-refractivity contribution is -0.141. The minimum atomic E-state index is -0.680. The van der Waals surface area contributed by atoms with E-state index < -0.39 is 6.04 Å². The zero-order chi connectivity index (χ0) is 26.2. The Balaban J connectivity index is 1.72. The molecule has 3 rings (SSSR count). The maximum absolute atomic E-state index is 13.4. The number of nitrogens with zero attached hydrogens (tertiary/aromatic N) is 2. The van der Waals surface area contributed by atoms with Gasteiger partial charge in [0, 0.05) is 36.1 Å². The number of imide groups is 1. The predicted octanol–water partition coefficient (Wildman–Crippen LogP) is 5.09. The van der Waals surface area contributed by atoms with Crippen LogP contribution in [0.5, 0.6) is 0 Å². The summed E-state index contributed by atoms with van der Waals surface area (Å²) in [5.74, 6) is -1.18. The number of hydrogen-bond donors (Lipinski definition) is 1. The Morgan fingerprint density at radius 1 is 1.00 bits per heavy atom. The summed E-state index contributed by atoms with van der Waals surface area (Å²) in [6.07, 6.45) is 2.56. The topological polar surface area (TPSA) is 86.8 Å². The first-order valence-corrected chi connectivity index (χ1v) is 13.0. The minimum absolute atomic E-state index is 0.0668. The second-order valence-corrected chi connectivity index (χ2v) is 9.58. The van der Waals surface area contributed by atoms with E-state index in [1.54, 1.807) is 42.5 Å². The molecule has 0 saturated carbocycles. The average molecular weight is 532 g/mol. The standard InChI is InChI=1S/C27H31Cl2N3O4/c1-3-5-14-30-25(34)23(4-2)32(17-18-12-13-19(28)16-22(18)29)24(33)11-8-15-31-26(35)20-9-6-7-10-21(20)27(31)36/h6-7,9-10,12-13,16,23H,3-5,8,11,14-15,17H2,1-2H3,(H,30,34). The van der Waals surface area contributed by atoms with Crippen LogP contribution in [0.2, 0.25) is 10.0 Å². The Labute approximate surface area is 221 Å². The van der Waals surface area contributed by atoms with E-state index in [1.165, 1.54) is 9.80 Å². The van der Waals surface area contributed by atoms with Crippen LogP contribution < -0.4 is 5.32 Å². The van der Waals surface area contributed by atoms with Gasteiger partial charge in [-0.05, 0) is 49.1 Å². The van der Waals surface area contributed by atoms with Crippen molar-refractivity contribution in [3.05, 3.63) is 69.2 Å². The van der Waals surface area contributed by atoms with Gasteiger partial charge in [0.25, 0.3) is 11.8 Å². The Kier molecular flexibility index (Phi) is 9.90. The predicted molar refractivity (Wildman–Crippen MR) is 140 cm³/mol. The third kappa shape index (κ3) is 6.45. The van der Waals surface area contributed by atoms with Gasteiger partial charge in [0.05, 0.1) is 11.1 Å². The number of unbranched alkanes of at least 4 members (excludes halogenated alkanes) is 1. The van der Waals surface area contributed by atoms with Crippen LogP contribution in [-0.4, -0.2) is 52.6 Å². The van der Waals surface area contributed by atoms with Gasteiger partial charge in [-0.15, -0.1) is 0 Å². The van der Waals surface area contributed by atoms with Gasteiger partial charge < -0.3 is 10.2 Å². The lowest BCUT2D eigenvalue weighted by Crippen LogP contribution is -2.49. The molecule has 1 aliphatic rings. The Morgan fingerprint density at radius 3 is 2.25 bits per heavy atom. The van der Waals surface area contributed by atoms with Gasteiger partial charge in [0.2, 0.25) is 11.8 Å². The lowest BCUT2D eigenvalue weighted by atomic mass is 10.1. The normalized spacial score (nSPS) is 13.5. The van der Waals surface area contributed by atoms with Crippen LogP contribution in [0.3, 0.4) is 0 Å². The van der Waals surface area contributed by atoms with Crippen molar-refractivity contribution in [3.8, 4) is 0 Å². The third-order valence-electron chi connectivity index (χ3n) is 6.22. The molecule has 0 saturated heterocycles. The molecule has 0 aromatic heterocycles. The second-order valence-electron chi connectivity index (χ2n) is 8.74. The Bertz CT molecular complexity index is 1100. The summed E-state index contributed by atoms with van der Waals surface area (Å²) in [5, 5.41) is 3.81. The molecule has 9 heteroatoms. The summed E-state index contributed by atoms with van der Waals surface area (Å²) in [5.41, 5.74) is 1.43. The van der Waals surface area contributed by atoms with Crippen molar-refractivity contribution < 1.29 is 19.2 Å². The van der Waals surface area contributed by atoms with Gasteiger partial charge in [0.15, 0.2) is 0 Å². The summed E-state index contributed by atoms with van der Waals surface area (Å²) >= 11 is 12.4. The van der Waals surface area contributed by atoms with Gasteiger partial charge in [-0.2, -0.15) is 0 Å². The minimum Gasteiger partial charge on any atom is -0.354 e. The summed E-state index contributed by atoms with van der Waals surface area (Å²) in [7, 11) is 0. The van der Waals surface area contributed by atoms with Crippen LogP contribution >= 0.6 is 23.2 Å². The number of amides is 4. The molecule has 36 heavy (non-hydrogen) atoms. The van der Waals surface area contributed by atoms with Crippen molar-refractivity contribution in [2.45, 2.75) is 58.5 Å². The van der Waals surface area contributed by atoms with E-state index in [0.29, 0.717) is 39.7 Å². The molecule has 0 aliphatic carbocycles. The van der Waals surface area contributed by atoms with Crippen LogP contribution in [0, 0.1) is 0 Å². The molecule has 0 spiro atoms. The number of carbonyl (C=O) groups is 4. The molecule has 1 heterocycles. The van der Waals surface area contributed by atoms with Crippen molar-refractivity contribution in [1.82, 2.24) is 15.1 Å². The maximum atomic E-state index is 13.4. The highest BCUT2D eigenvalue weighted by atomic mass is 35.5. The fourth-order valence-electron chi connectivity index (χ4n) is 4.23. The molecule has 1 N–H and O–H groups in total. The number of nitrogens with one attached hydrogen (secondary N) is 1. The molecule has 7 nitrogen and oxygen atoms in total. The van der Waals surface area contributed by atoms with Crippen LogP contribution in [0.4, 0.5) is 0 Å². The van der Waals surface area contributed by atoms with Gasteiger partial charge in [-0.1, -0.05) is 61.7 Å². The van der Waals surface area contributed by atoms with Gasteiger partial charge >= 0.3 is 0 Å². The van der Waals surface area contributed by atoms with E-state index in [4.69, 9.17) is 23.2 Å². The van der Waals surface area contributed by atoms with E-state index >= 15 is 0 Å². The Morgan fingerprint density at radius 2 is 1.67 bits per heavy atom. The maximum Gasteiger partial charge on any atom is 0.261 e. The van der Waals surface area contributed by atoms with Crippen LogP contribution in [0.1, 0.15) is 72.2 Å². The number of carbonyl (C=O) groups excluding carboxylic acids is 4. The molecule has 192 valence electrons. The van der Waals surface area contributed by atoms with Crippen molar-refractivity contribution in [1.29, 1.82) is 0 Å². The SMILES string of the molecule is CCCCNC(=O)C(CC)N(Cc1ccc(Cl)cc1Cl)C(=O)CCCN1C(=O)c2ccccc2C1=O. The Hall–Kier alpha value is -2.90. The van der Waals surface area contributed by atoms with E-state index in [-0.39, 0.29) is 49.6 Å². The summed E-state index contributed by atoms with van der Waals surface area (Å²) in [4.78, 5) is 54.3. The average Bonchev–Trinajstić information content (AvgIpc) is 3.10. The molecule has 0 fully saturated rings. The zero-order valence-electron chi connectivity index (χ0n) is 20.6. The van der Waals surface area contributed by atoms with E-state index in [0.717, 1.165) is 12.8 Å². The number of halogens is 2. The van der Waals surface area contributed by atoms with E-state index in [9.17, 15) is 19.2 Å². The van der Waals surface area contributed by atoms with Crippen molar-refractivity contribution in [2.75, 3.05) is 13.1 Å². The molecule has 1 aliphatic heterocycles. The molecule has 1 atom stereocenters. The number of benzene rings is 2. The molecular formula is C27H31Cl2N3O4. The van der Waals surface area contributed by atoms with E-state index in [1.807, 2.05) is 13.8 Å². The van der Waals surface area contributed by atoms with Crippen molar-refractivity contribution in [3.63, 3.8) is 0 Å². The van der Waals surface area contributed by atoms with Gasteiger partial charge in [0.1, 0.15) is 6.04 Å². The first-order valence-electron chi connectivity index (χ1n) is 12.2. The van der Waals surface area contributed by atoms with Crippen LogP contribution in [0.25, 0.3) is 0 Å². The van der Waals surface area contributed by atoms with Gasteiger partial charge in [-0.3, -0.25) is 24.1 Å². The van der Waals surface area contributed by atoms with Crippen LogP contribution in [-0.2, 0) is 16.1 Å². The largest absolute Gasteiger partial charge is 0.354 e. The van der Waals surface area contributed by atoms with Crippen molar-refractivity contribution >= 4 is 46.8 Å². The third-order valence-corrected chi connectivity index (χ3v) is 6.81. The monoisotopic (exact) mass is 531 g/mol. The fraction of sp³-hybridized carbons (Fsp3) is 0.407. The quantitative estimate of drug-likeness (QED) is 0.305. The smallest absolute Gasteiger partial charge is 0.261 e. The highest BCUT2D eigenvalue weighted by Crippen LogP contribution is 2.25. The van der Waals surface area contributed by atoms with E-state index in [2.05, 4.69) is 5.32 Å². The summed E-state index contributed by atoms with van der Waals surface area (Å²) in [6, 6.07) is 11.0. The molecule has 4 amide bonds. The molecule has 1 unspecified atom stereocenters. The first kappa shape index (κ1) is 27.7. The fourth-order valence-corrected chi connectivity index (χ4v) is 4.70. The molecular weight excluding hydrogens is 501 g/mol. The second kappa shape index (κ2) is 12.9. The molecule has 2 aromatic carbocycles. The summed E-state index contributed by atoms with van der Waals surface area (Å²) in [6.45, 7) is 4.69. The highest BCUT2D eigenvalue weighted by Gasteiger charge is 2.35. The van der Waals surface area contributed by atoms with Crippen molar-refractivity contribution in [2.24, 2.45) is 0 Å². The number of hydrogen-bond acceptors (Lipinski definition) is 4. The number of fused-ring (bicyclic) bond motifs is 1. The van der Waals surface area contributed by atoms with Gasteiger partial charge in [-0.25, -0.2) is 0 Å². The van der Waals surface area contributed by atoms with Crippen LogP contribution in [0.15, 0.2) is 42.5 Å². The molecule has 0 radical (unpaired) electrons.